The number of rotatable bonds is 8. The molecule has 0 saturated carbocycles. The predicted molar refractivity (Wildman–Crippen MR) is 103 cm³/mol. The van der Waals surface area contributed by atoms with Crippen molar-refractivity contribution in [3.8, 4) is 5.75 Å². The lowest BCUT2D eigenvalue weighted by Gasteiger charge is -2.16. The molecule has 1 aliphatic carbocycles. The fourth-order valence-corrected chi connectivity index (χ4v) is 3.46. The monoisotopic (exact) mass is 410 g/mol. The van der Waals surface area contributed by atoms with Gasteiger partial charge < -0.3 is 14.8 Å². The first kappa shape index (κ1) is 21.9. The second kappa shape index (κ2) is 9.70. The molecule has 0 radical (unpaired) electrons. The average molecular weight is 410 g/mol. The largest absolute Gasteiger partial charge is 0.496 e. The fourth-order valence-electron chi connectivity index (χ4n) is 2.92. The first-order chi connectivity index (χ1) is 13.2. The lowest BCUT2D eigenvalue weighted by Crippen LogP contribution is -2.36. The van der Waals surface area contributed by atoms with Crippen LogP contribution in [0.2, 0.25) is 0 Å². The van der Waals surface area contributed by atoms with Gasteiger partial charge in [0, 0.05) is 6.54 Å². The molecule has 154 valence electrons. The minimum Gasteiger partial charge on any atom is -0.496 e. The number of carbonyl (C=O) groups is 2. The van der Waals surface area contributed by atoms with Crippen molar-refractivity contribution in [2.75, 3.05) is 13.7 Å². The van der Waals surface area contributed by atoms with Gasteiger partial charge >= 0.3 is 5.97 Å². The zero-order valence-electron chi connectivity index (χ0n) is 16.1. The van der Waals surface area contributed by atoms with Gasteiger partial charge in [-0.15, -0.1) is 0 Å². The van der Waals surface area contributed by atoms with E-state index < -0.39 is 28.0 Å². The highest BCUT2D eigenvalue weighted by Gasteiger charge is 2.23. The quantitative estimate of drug-likeness (QED) is 0.498. The van der Waals surface area contributed by atoms with Gasteiger partial charge in [0.2, 0.25) is 10.0 Å². The molecule has 0 fully saturated rings. The Morgan fingerprint density at radius 1 is 1.29 bits per heavy atom. The molecule has 0 heterocycles. The number of allylic oxidation sites excluding steroid dienone is 1. The average Bonchev–Trinajstić information content (AvgIpc) is 2.67. The molecule has 1 aromatic carbocycles. The van der Waals surface area contributed by atoms with Crippen LogP contribution in [0.25, 0.3) is 0 Å². The van der Waals surface area contributed by atoms with Crippen molar-refractivity contribution in [3.63, 3.8) is 0 Å². The first-order valence-corrected chi connectivity index (χ1v) is 10.6. The summed E-state index contributed by atoms with van der Waals surface area (Å²) in [5.74, 6) is -1.18. The van der Waals surface area contributed by atoms with Gasteiger partial charge in [0.15, 0.2) is 6.10 Å². The van der Waals surface area contributed by atoms with Gasteiger partial charge in [-0.25, -0.2) is 18.4 Å². The number of benzene rings is 1. The maximum atomic E-state index is 12.4. The molecule has 28 heavy (non-hydrogen) atoms. The summed E-state index contributed by atoms with van der Waals surface area (Å²) < 4.78 is 33.2. The van der Waals surface area contributed by atoms with E-state index in [-0.39, 0.29) is 16.2 Å². The molecule has 8 nitrogen and oxygen atoms in total. The maximum absolute atomic E-state index is 12.4. The molecule has 0 bridgehead atoms. The Hall–Kier alpha value is -2.39. The van der Waals surface area contributed by atoms with Crippen molar-refractivity contribution < 1.29 is 27.5 Å². The Morgan fingerprint density at radius 2 is 2.04 bits per heavy atom. The zero-order valence-corrected chi connectivity index (χ0v) is 16.9. The van der Waals surface area contributed by atoms with Gasteiger partial charge in [0.1, 0.15) is 11.3 Å². The number of carbonyl (C=O) groups excluding carboxylic acids is 2. The zero-order chi connectivity index (χ0) is 20.7. The molecule has 0 saturated heterocycles. The van der Waals surface area contributed by atoms with E-state index in [0.717, 1.165) is 25.3 Å². The Balaban J connectivity index is 1.97. The van der Waals surface area contributed by atoms with E-state index in [1.54, 1.807) is 0 Å². The third kappa shape index (κ3) is 6.07. The van der Waals surface area contributed by atoms with Crippen molar-refractivity contribution in [2.45, 2.75) is 50.0 Å². The van der Waals surface area contributed by atoms with E-state index in [4.69, 9.17) is 14.6 Å². The van der Waals surface area contributed by atoms with E-state index in [9.17, 15) is 18.0 Å². The van der Waals surface area contributed by atoms with Crippen LogP contribution < -0.4 is 15.2 Å². The van der Waals surface area contributed by atoms with Gasteiger partial charge in [0.25, 0.3) is 5.91 Å². The Kier molecular flexibility index (Phi) is 7.59. The third-order valence-corrected chi connectivity index (χ3v) is 5.41. The molecule has 1 atom stereocenters. The number of ether oxygens (including phenoxy) is 2. The van der Waals surface area contributed by atoms with Crippen LogP contribution in [0.5, 0.6) is 5.75 Å². The van der Waals surface area contributed by atoms with Crippen LogP contribution in [0, 0.1) is 0 Å². The number of hydrogen-bond donors (Lipinski definition) is 2. The Labute approximate surface area is 165 Å². The van der Waals surface area contributed by atoms with Gasteiger partial charge in [0.05, 0.1) is 12.0 Å². The van der Waals surface area contributed by atoms with Crippen molar-refractivity contribution in [1.29, 1.82) is 0 Å². The van der Waals surface area contributed by atoms with Gasteiger partial charge in [-0.1, -0.05) is 11.6 Å². The number of nitrogens with one attached hydrogen (secondary N) is 1. The van der Waals surface area contributed by atoms with E-state index >= 15 is 0 Å². The van der Waals surface area contributed by atoms with E-state index in [0.29, 0.717) is 6.54 Å². The standard InChI is InChI=1S/C19H26N2O6S/c1-13(18(22)21-11-10-14-6-4-3-5-7-14)27-19(23)16-12-15(28(20,24)25)8-9-17(16)26-2/h6,8-9,12-13H,3-5,7,10-11H2,1-2H3,(H,21,22)(H2,20,24,25). The lowest BCUT2D eigenvalue weighted by molar-refractivity contribution is -0.129. The van der Waals surface area contributed by atoms with Crippen LogP contribution in [0.15, 0.2) is 34.7 Å². The van der Waals surface area contributed by atoms with Crippen LogP contribution in [0.3, 0.4) is 0 Å². The van der Waals surface area contributed by atoms with Crippen molar-refractivity contribution in [3.05, 3.63) is 35.4 Å². The van der Waals surface area contributed by atoms with E-state index in [1.165, 1.54) is 44.6 Å². The van der Waals surface area contributed by atoms with Crippen LogP contribution in [0.1, 0.15) is 49.4 Å². The normalized spacial score (nSPS) is 15.3. The predicted octanol–water partition coefficient (Wildman–Crippen LogP) is 1.89. The highest BCUT2D eigenvalue weighted by molar-refractivity contribution is 7.89. The molecule has 0 aromatic heterocycles. The minimum absolute atomic E-state index is 0.120. The first-order valence-electron chi connectivity index (χ1n) is 9.10. The highest BCUT2D eigenvalue weighted by atomic mass is 32.2. The molecule has 2 rings (SSSR count). The minimum atomic E-state index is -4.00. The van der Waals surface area contributed by atoms with Gasteiger partial charge in [-0.2, -0.15) is 0 Å². The summed E-state index contributed by atoms with van der Waals surface area (Å²) in [6.07, 6.45) is 6.46. The molecular weight excluding hydrogens is 384 g/mol. The third-order valence-electron chi connectivity index (χ3n) is 4.50. The van der Waals surface area contributed by atoms with E-state index in [2.05, 4.69) is 11.4 Å². The smallest absolute Gasteiger partial charge is 0.342 e. The Bertz CT molecular complexity index is 863. The van der Waals surface area contributed by atoms with Crippen LogP contribution in [0.4, 0.5) is 0 Å². The topological polar surface area (TPSA) is 125 Å². The number of hydrogen-bond acceptors (Lipinski definition) is 6. The lowest BCUT2D eigenvalue weighted by atomic mass is 9.97. The molecule has 1 aromatic rings. The van der Waals surface area contributed by atoms with Gasteiger partial charge in [-0.3, -0.25) is 4.79 Å². The number of amides is 1. The number of esters is 1. The molecule has 0 aliphatic heterocycles. The fraction of sp³-hybridized carbons (Fsp3) is 0.474. The summed E-state index contributed by atoms with van der Waals surface area (Å²) in [5.41, 5.74) is 1.21. The van der Waals surface area contributed by atoms with Crippen LogP contribution in [-0.4, -0.2) is 40.1 Å². The molecule has 1 unspecified atom stereocenters. The van der Waals surface area contributed by atoms with E-state index in [1.807, 2.05) is 0 Å². The summed E-state index contributed by atoms with van der Waals surface area (Å²) in [6, 6.07) is 3.59. The highest BCUT2D eigenvalue weighted by Crippen LogP contribution is 2.23. The number of methoxy groups -OCH3 is 1. The summed E-state index contributed by atoms with van der Waals surface area (Å²) in [6.45, 7) is 1.92. The SMILES string of the molecule is COc1ccc(S(N)(=O)=O)cc1C(=O)OC(C)C(=O)NCCC1=CCCCC1. The molecule has 0 spiro atoms. The summed E-state index contributed by atoms with van der Waals surface area (Å²) in [7, 11) is -2.67. The van der Waals surface area contributed by atoms with Gasteiger partial charge in [-0.05, 0) is 57.2 Å². The second-order valence-electron chi connectivity index (χ2n) is 6.60. The number of sulfonamides is 1. The van der Waals surface area contributed by atoms with Crippen molar-refractivity contribution in [2.24, 2.45) is 5.14 Å². The number of nitrogens with two attached hydrogens (primary N) is 1. The summed E-state index contributed by atoms with van der Waals surface area (Å²) in [5, 5.41) is 7.84. The maximum Gasteiger partial charge on any atom is 0.342 e. The molecule has 1 aliphatic rings. The summed E-state index contributed by atoms with van der Waals surface area (Å²) >= 11 is 0. The second-order valence-corrected chi connectivity index (χ2v) is 8.17. The van der Waals surface area contributed by atoms with Crippen molar-refractivity contribution >= 4 is 21.9 Å². The molecule has 1 amide bonds. The number of primary sulfonamides is 1. The van der Waals surface area contributed by atoms with Crippen LogP contribution >= 0.6 is 0 Å². The molecule has 3 N–H and O–H groups in total. The molecule has 9 heteroatoms. The Morgan fingerprint density at radius 3 is 2.64 bits per heavy atom. The van der Waals surface area contributed by atoms with Crippen LogP contribution in [-0.2, 0) is 19.6 Å². The summed E-state index contributed by atoms with van der Waals surface area (Å²) in [4.78, 5) is 24.3. The van der Waals surface area contributed by atoms with Crippen molar-refractivity contribution in [1.82, 2.24) is 5.32 Å². The molecular formula is C19H26N2O6S.